The van der Waals surface area contributed by atoms with E-state index in [0.29, 0.717) is 28.3 Å². The van der Waals surface area contributed by atoms with Crippen LogP contribution in [0.15, 0.2) is 58.5 Å². The Kier molecular flexibility index (Phi) is 6.10. The number of ether oxygens (including phenoxy) is 1. The number of rotatable bonds is 6. The number of hydrogen-bond donors (Lipinski definition) is 1. The second-order valence-electron chi connectivity index (χ2n) is 5.83. The zero-order valence-electron chi connectivity index (χ0n) is 15.5. The summed E-state index contributed by atoms with van der Waals surface area (Å²) in [6.07, 6.45) is 0. The molecule has 0 unspecified atom stereocenters. The van der Waals surface area contributed by atoms with Gasteiger partial charge in [-0.15, -0.1) is 0 Å². The number of para-hydroxylation sites is 2. The number of thioether (sulfide) groups is 1. The maximum atomic E-state index is 12.6. The van der Waals surface area contributed by atoms with E-state index in [4.69, 9.17) is 4.74 Å². The topological polar surface area (TPSA) is 90.3 Å². The highest BCUT2D eigenvalue weighted by atomic mass is 32.2. The molecule has 8 heteroatoms. The van der Waals surface area contributed by atoms with Crippen molar-refractivity contribution in [2.75, 3.05) is 18.2 Å². The number of amides is 1. The van der Waals surface area contributed by atoms with Crippen LogP contribution in [0, 0.1) is 0 Å². The van der Waals surface area contributed by atoms with Crippen LogP contribution in [0.2, 0.25) is 0 Å². The van der Waals surface area contributed by atoms with E-state index >= 15 is 0 Å². The Morgan fingerprint density at radius 3 is 2.61 bits per heavy atom. The van der Waals surface area contributed by atoms with E-state index in [-0.39, 0.29) is 22.8 Å². The fraction of sp³-hybridized carbons (Fsp3) is 0.200. The van der Waals surface area contributed by atoms with Crippen molar-refractivity contribution in [1.82, 2.24) is 9.55 Å². The third-order valence-corrected chi connectivity index (χ3v) is 5.06. The van der Waals surface area contributed by atoms with Gasteiger partial charge < -0.3 is 10.1 Å². The molecule has 0 atom stereocenters. The Bertz CT molecular complexity index is 1090. The first kappa shape index (κ1) is 19.6. The Morgan fingerprint density at radius 1 is 1.14 bits per heavy atom. The Balaban J connectivity index is 1.79. The van der Waals surface area contributed by atoms with Gasteiger partial charge in [-0.2, -0.15) is 0 Å². The third kappa shape index (κ3) is 4.07. The van der Waals surface area contributed by atoms with Gasteiger partial charge >= 0.3 is 5.97 Å². The number of hydrogen-bond acceptors (Lipinski definition) is 6. The quantitative estimate of drug-likeness (QED) is 0.391. The van der Waals surface area contributed by atoms with Gasteiger partial charge in [0.05, 0.1) is 35.0 Å². The van der Waals surface area contributed by atoms with Crippen molar-refractivity contribution in [3.05, 3.63) is 64.4 Å². The summed E-state index contributed by atoms with van der Waals surface area (Å²) in [5.74, 6) is -0.800. The van der Waals surface area contributed by atoms with Gasteiger partial charge in [-0.3, -0.25) is 14.2 Å². The van der Waals surface area contributed by atoms with E-state index in [0.717, 1.165) is 0 Å². The highest BCUT2D eigenvalue weighted by Crippen LogP contribution is 2.20. The molecule has 3 aromatic rings. The average molecular weight is 397 g/mol. The molecular weight excluding hydrogens is 378 g/mol. The van der Waals surface area contributed by atoms with Crippen LogP contribution in [0.25, 0.3) is 10.9 Å². The zero-order chi connectivity index (χ0) is 20.1. The predicted octanol–water partition coefficient (Wildman–Crippen LogP) is 2.93. The number of carbonyl (C=O) groups excluding carboxylic acids is 2. The SMILES string of the molecule is CCn1c(SCC(=O)Nc2ccccc2C(=O)OC)nc2ccccc2c1=O. The summed E-state index contributed by atoms with van der Waals surface area (Å²) in [4.78, 5) is 41.4. The van der Waals surface area contributed by atoms with Crippen molar-refractivity contribution in [3.8, 4) is 0 Å². The van der Waals surface area contributed by atoms with E-state index in [9.17, 15) is 14.4 Å². The average Bonchev–Trinajstić information content (AvgIpc) is 2.72. The molecule has 28 heavy (non-hydrogen) atoms. The highest BCUT2D eigenvalue weighted by Gasteiger charge is 2.15. The summed E-state index contributed by atoms with van der Waals surface area (Å²) in [5, 5.41) is 3.73. The molecule has 144 valence electrons. The number of nitrogens with zero attached hydrogens (tertiary/aromatic N) is 2. The second-order valence-corrected chi connectivity index (χ2v) is 6.78. The molecule has 0 aliphatic carbocycles. The largest absolute Gasteiger partial charge is 0.465 e. The minimum Gasteiger partial charge on any atom is -0.465 e. The molecule has 0 aliphatic rings. The van der Waals surface area contributed by atoms with Crippen molar-refractivity contribution >= 4 is 40.2 Å². The lowest BCUT2D eigenvalue weighted by atomic mass is 10.2. The number of aromatic nitrogens is 2. The minimum absolute atomic E-state index is 0.0420. The number of esters is 1. The van der Waals surface area contributed by atoms with Crippen molar-refractivity contribution in [2.24, 2.45) is 0 Å². The maximum absolute atomic E-state index is 12.6. The molecular formula is C20H19N3O4S. The third-order valence-electron chi connectivity index (χ3n) is 4.08. The molecule has 0 aliphatic heterocycles. The summed E-state index contributed by atoms with van der Waals surface area (Å²) in [6, 6.07) is 13.7. The standard InChI is InChI=1S/C20H19N3O4S/c1-3-23-18(25)13-8-4-6-10-15(13)22-20(23)28-12-17(24)21-16-11-7-5-9-14(16)19(26)27-2/h4-11H,3,12H2,1-2H3,(H,21,24). The van der Waals surface area contributed by atoms with Gasteiger partial charge in [0.1, 0.15) is 0 Å². The van der Waals surface area contributed by atoms with E-state index in [1.807, 2.05) is 13.0 Å². The molecule has 2 aromatic carbocycles. The fourth-order valence-electron chi connectivity index (χ4n) is 2.73. The fourth-order valence-corrected chi connectivity index (χ4v) is 3.60. The van der Waals surface area contributed by atoms with E-state index < -0.39 is 5.97 Å². The van der Waals surface area contributed by atoms with E-state index in [2.05, 4.69) is 10.3 Å². The second kappa shape index (κ2) is 8.71. The smallest absolute Gasteiger partial charge is 0.339 e. The summed E-state index contributed by atoms with van der Waals surface area (Å²) < 4.78 is 6.27. The van der Waals surface area contributed by atoms with Crippen LogP contribution in [0.4, 0.5) is 5.69 Å². The number of methoxy groups -OCH3 is 1. The van der Waals surface area contributed by atoms with Crippen molar-refractivity contribution in [3.63, 3.8) is 0 Å². The Labute approximate surface area is 165 Å². The summed E-state index contributed by atoms with van der Waals surface area (Å²) in [5.41, 5.74) is 1.11. The first-order chi connectivity index (χ1) is 13.5. The van der Waals surface area contributed by atoms with Crippen LogP contribution in [-0.4, -0.2) is 34.3 Å². The Morgan fingerprint density at radius 2 is 1.86 bits per heavy atom. The number of carbonyl (C=O) groups is 2. The molecule has 1 amide bonds. The lowest BCUT2D eigenvalue weighted by Crippen LogP contribution is -2.23. The van der Waals surface area contributed by atoms with Crippen molar-refractivity contribution in [1.29, 1.82) is 0 Å². The van der Waals surface area contributed by atoms with Crippen LogP contribution >= 0.6 is 11.8 Å². The summed E-state index contributed by atoms with van der Waals surface area (Å²) >= 11 is 1.17. The van der Waals surface area contributed by atoms with Crippen LogP contribution < -0.4 is 10.9 Å². The highest BCUT2D eigenvalue weighted by molar-refractivity contribution is 7.99. The molecule has 0 saturated carbocycles. The van der Waals surface area contributed by atoms with E-state index in [1.165, 1.54) is 18.9 Å². The van der Waals surface area contributed by atoms with Crippen molar-refractivity contribution < 1.29 is 14.3 Å². The minimum atomic E-state index is -0.528. The van der Waals surface area contributed by atoms with Gasteiger partial charge in [-0.05, 0) is 31.2 Å². The number of fused-ring (bicyclic) bond motifs is 1. The van der Waals surface area contributed by atoms with Crippen LogP contribution in [0.3, 0.4) is 0 Å². The molecule has 7 nitrogen and oxygen atoms in total. The monoisotopic (exact) mass is 397 g/mol. The van der Waals surface area contributed by atoms with Gasteiger partial charge in [0.2, 0.25) is 5.91 Å². The first-order valence-electron chi connectivity index (χ1n) is 8.64. The maximum Gasteiger partial charge on any atom is 0.339 e. The van der Waals surface area contributed by atoms with Gasteiger partial charge in [0.15, 0.2) is 5.16 Å². The van der Waals surface area contributed by atoms with Crippen molar-refractivity contribution in [2.45, 2.75) is 18.6 Å². The first-order valence-corrected chi connectivity index (χ1v) is 9.63. The zero-order valence-corrected chi connectivity index (χ0v) is 16.3. The normalized spacial score (nSPS) is 10.6. The number of anilines is 1. The predicted molar refractivity (Wildman–Crippen MR) is 109 cm³/mol. The molecule has 3 rings (SSSR count). The van der Waals surface area contributed by atoms with Gasteiger partial charge in [-0.1, -0.05) is 36.0 Å². The molecule has 0 spiro atoms. The van der Waals surface area contributed by atoms with Crippen LogP contribution in [-0.2, 0) is 16.1 Å². The summed E-state index contributed by atoms with van der Waals surface area (Å²) in [6.45, 7) is 2.31. The molecule has 0 bridgehead atoms. The molecule has 0 saturated heterocycles. The number of nitrogens with one attached hydrogen (secondary N) is 1. The van der Waals surface area contributed by atoms with E-state index in [1.54, 1.807) is 47.0 Å². The number of benzene rings is 2. The molecule has 1 N–H and O–H groups in total. The molecule has 1 aromatic heterocycles. The lowest BCUT2D eigenvalue weighted by molar-refractivity contribution is -0.113. The molecule has 0 fully saturated rings. The van der Waals surface area contributed by atoms with Gasteiger partial charge in [0.25, 0.3) is 5.56 Å². The van der Waals surface area contributed by atoms with Gasteiger partial charge in [0, 0.05) is 6.54 Å². The van der Waals surface area contributed by atoms with Gasteiger partial charge in [-0.25, -0.2) is 9.78 Å². The van der Waals surface area contributed by atoms with Crippen LogP contribution in [0.1, 0.15) is 17.3 Å². The Hall–Kier alpha value is -3.13. The van der Waals surface area contributed by atoms with Crippen LogP contribution in [0.5, 0.6) is 0 Å². The lowest BCUT2D eigenvalue weighted by Gasteiger charge is -2.12. The molecule has 0 radical (unpaired) electrons. The molecule has 1 heterocycles. The summed E-state index contributed by atoms with van der Waals surface area (Å²) in [7, 11) is 1.28.